The molecule has 2 saturated carbocycles. The summed E-state index contributed by atoms with van der Waals surface area (Å²) in [6.07, 6.45) is 5.28. The molecule has 0 saturated heterocycles. The Labute approximate surface area is 327 Å². The Hall–Kier alpha value is -5.64. The number of benzene rings is 4. The van der Waals surface area contributed by atoms with Crippen molar-refractivity contribution in [3.8, 4) is 22.3 Å². The van der Waals surface area contributed by atoms with Crippen LogP contribution in [0.1, 0.15) is 85.5 Å². The van der Waals surface area contributed by atoms with Gasteiger partial charge in [-0.15, -0.1) is 0 Å². The number of carboxylic acids is 2. The summed E-state index contributed by atoms with van der Waals surface area (Å²) < 4.78 is 11.1. The topological polar surface area (TPSA) is 151 Å². The third-order valence-electron chi connectivity index (χ3n) is 12.1. The van der Waals surface area contributed by atoms with E-state index in [2.05, 4.69) is 59.2 Å². The minimum absolute atomic E-state index is 0.0594. The lowest BCUT2D eigenvalue weighted by molar-refractivity contribution is -0.144. The zero-order chi connectivity index (χ0) is 39.0. The molecule has 0 unspecified atom stereocenters. The average Bonchev–Trinajstić information content (AvgIpc) is 3.73. The highest BCUT2D eigenvalue weighted by atomic mass is 16.6. The van der Waals surface area contributed by atoms with Crippen LogP contribution in [0.15, 0.2) is 97.1 Å². The van der Waals surface area contributed by atoms with E-state index in [-0.39, 0.29) is 23.7 Å². The molecule has 2 amide bonds. The molecular weight excluding hydrogens is 709 g/mol. The van der Waals surface area contributed by atoms with Crippen molar-refractivity contribution < 1.29 is 38.9 Å². The molecule has 4 aliphatic carbocycles. The zero-order valence-electron chi connectivity index (χ0n) is 31.5. The van der Waals surface area contributed by atoms with Crippen LogP contribution in [0.2, 0.25) is 0 Å². The number of nitrogens with one attached hydrogen (secondary N) is 2. The summed E-state index contributed by atoms with van der Waals surface area (Å²) >= 11 is 0. The van der Waals surface area contributed by atoms with Crippen LogP contribution in [0.3, 0.4) is 0 Å². The number of fused-ring (bicyclic) bond motifs is 6. The SMILES string of the molecule is O=C(NCC1CCC(C(=O)O)CC1)OCC1c2ccccc2-c2ccccc21.O=C(NCC1CCC(C(=O)O)CC1)OCC1c2ccccc2-c2ccccc21. The predicted molar refractivity (Wildman–Crippen MR) is 212 cm³/mol. The minimum atomic E-state index is -0.706. The van der Waals surface area contributed by atoms with Crippen molar-refractivity contribution in [2.45, 2.75) is 63.2 Å². The molecule has 0 aliphatic heterocycles. The second-order valence-corrected chi connectivity index (χ2v) is 15.5. The van der Waals surface area contributed by atoms with E-state index < -0.39 is 24.1 Å². The van der Waals surface area contributed by atoms with Crippen molar-refractivity contribution in [3.05, 3.63) is 119 Å². The van der Waals surface area contributed by atoms with Gasteiger partial charge in [0.1, 0.15) is 13.2 Å². The van der Waals surface area contributed by atoms with Crippen molar-refractivity contribution >= 4 is 24.1 Å². The zero-order valence-corrected chi connectivity index (χ0v) is 31.5. The molecule has 10 nitrogen and oxygen atoms in total. The summed E-state index contributed by atoms with van der Waals surface area (Å²) in [5, 5.41) is 23.9. The molecule has 4 aliphatic rings. The van der Waals surface area contributed by atoms with E-state index in [9.17, 15) is 19.2 Å². The molecule has 0 radical (unpaired) electrons. The van der Waals surface area contributed by atoms with Gasteiger partial charge in [-0.2, -0.15) is 0 Å². The van der Waals surface area contributed by atoms with Gasteiger partial charge in [0.25, 0.3) is 0 Å². The first-order valence-electron chi connectivity index (χ1n) is 19.9. The fourth-order valence-electron chi connectivity index (χ4n) is 8.98. The Morgan fingerprint density at radius 3 is 1.04 bits per heavy atom. The van der Waals surface area contributed by atoms with E-state index in [4.69, 9.17) is 19.7 Å². The van der Waals surface area contributed by atoms with Gasteiger partial charge in [0, 0.05) is 24.9 Å². The van der Waals surface area contributed by atoms with Gasteiger partial charge in [-0.25, -0.2) is 9.59 Å². The molecule has 2 fully saturated rings. The number of alkyl carbamates (subject to hydrolysis) is 2. The maximum atomic E-state index is 12.2. The van der Waals surface area contributed by atoms with Crippen LogP contribution in [-0.4, -0.2) is 60.6 Å². The number of carbonyl (C=O) groups is 4. The summed E-state index contributed by atoms with van der Waals surface area (Å²) in [7, 11) is 0. The summed E-state index contributed by atoms with van der Waals surface area (Å²) in [5.74, 6) is -1.09. The van der Waals surface area contributed by atoms with Gasteiger partial charge in [-0.05, 0) is 108 Å². The van der Waals surface area contributed by atoms with Crippen LogP contribution in [0.4, 0.5) is 9.59 Å². The van der Waals surface area contributed by atoms with Crippen molar-refractivity contribution in [1.82, 2.24) is 10.6 Å². The molecule has 0 aromatic heterocycles. The van der Waals surface area contributed by atoms with Crippen molar-refractivity contribution in [1.29, 1.82) is 0 Å². The maximum Gasteiger partial charge on any atom is 0.407 e. The van der Waals surface area contributed by atoms with Gasteiger partial charge >= 0.3 is 24.1 Å². The summed E-state index contributed by atoms with van der Waals surface area (Å²) in [5.41, 5.74) is 9.63. The Morgan fingerprint density at radius 1 is 0.464 bits per heavy atom. The van der Waals surface area contributed by atoms with E-state index in [0.29, 0.717) is 63.8 Å². The highest BCUT2D eigenvalue weighted by molar-refractivity contribution is 5.80. The van der Waals surface area contributed by atoms with Crippen LogP contribution in [-0.2, 0) is 19.1 Å². The number of hydrogen-bond donors (Lipinski definition) is 4. The Kier molecular flexibility index (Phi) is 12.3. The van der Waals surface area contributed by atoms with Crippen LogP contribution in [0.5, 0.6) is 0 Å². The smallest absolute Gasteiger partial charge is 0.407 e. The van der Waals surface area contributed by atoms with Crippen molar-refractivity contribution in [3.63, 3.8) is 0 Å². The summed E-state index contributed by atoms with van der Waals surface area (Å²) in [4.78, 5) is 46.5. The first-order valence-corrected chi connectivity index (χ1v) is 19.9. The average molecular weight is 759 g/mol. The normalized spacial score (nSPS) is 20.9. The maximum absolute atomic E-state index is 12.2. The molecule has 0 heterocycles. The summed E-state index contributed by atoms with van der Waals surface area (Å²) in [6, 6.07) is 33.1. The minimum Gasteiger partial charge on any atom is -0.481 e. The van der Waals surface area contributed by atoms with Gasteiger partial charge in [-0.1, -0.05) is 97.1 Å². The monoisotopic (exact) mass is 758 g/mol. The highest BCUT2D eigenvalue weighted by Gasteiger charge is 2.31. The first kappa shape index (κ1) is 38.6. The quantitative estimate of drug-likeness (QED) is 0.125. The molecule has 4 N–H and O–H groups in total. The molecule has 4 aromatic rings. The lowest BCUT2D eigenvalue weighted by Crippen LogP contribution is -2.33. The van der Waals surface area contributed by atoms with Gasteiger partial charge in [0.15, 0.2) is 0 Å². The number of amides is 2. The number of aliphatic carboxylic acids is 2. The van der Waals surface area contributed by atoms with Crippen LogP contribution < -0.4 is 10.6 Å². The lowest BCUT2D eigenvalue weighted by Gasteiger charge is -2.26. The molecule has 0 spiro atoms. The fourth-order valence-corrected chi connectivity index (χ4v) is 8.98. The molecule has 56 heavy (non-hydrogen) atoms. The third-order valence-corrected chi connectivity index (χ3v) is 12.1. The molecular formula is C46H50N2O8. The second-order valence-electron chi connectivity index (χ2n) is 15.5. The fraction of sp³-hybridized carbons (Fsp3) is 0.391. The second kappa shape index (κ2) is 17.9. The molecule has 0 bridgehead atoms. The third kappa shape index (κ3) is 8.91. The van der Waals surface area contributed by atoms with Crippen LogP contribution >= 0.6 is 0 Å². The Balaban J connectivity index is 0.000000172. The van der Waals surface area contributed by atoms with Gasteiger partial charge in [0.2, 0.25) is 0 Å². The standard InChI is InChI=1S/2C23H25NO4/c2*25-22(26)16-11-9-15(10-12-16)13-24-23(27)28-14-21-19-7-3-1-5-17(19)18-6-2-4-8-20(18)21/h2*1-8,15-16,21H,9-14H2,(H,24,27)(H,25,26). The van der Waals surface area contributed by atoms with Gasteiger partial charge in [-0.3, -0.25) is 9.59 Å². The van der Waals surface area contributed by atoms with E-state index in [1.807, 2.05) is 48.5 Å². The van der Waals surface area contributed by atoms with Crippen molar-refractivity contribution in [2.24, 2.45) is 23.7 Å². The molecule has 4 aromatic carbocycles. The lowest BCUT2D eigenvalue weighted by atomic mass is 9.82. The number of rotatable bonds is 10. The molecule has 0 atom stereocenters. The van der Waals surface area contributed by atoms with Crippen LogP contribution in [0, 0.1) is 23.7 Å². The first-order chi connectivity index (χ1) is 27.3. The van der Waals surface area contributed by atoms with Crippen molar-refractivity contribution in [2.75, 3.05) is 26.3 Å². The van der Waals surface area contributed by atoms with E-state index in [0.717, 1.165) is 25.7 Å². The van der Waals surface area contributed by atoms with Crippen LogP contribution in [0.25, 0.3) is 22.3 Å². The number of carboxylic acid groups (broad SMARTS) is 2. The Bertz CT molecular complexity index is 1790. The number of hydrogen-bond acceptors (Lipinski definition) is 6. The Morgan fingerprint density at radius 2 is 0.750 bits per heavy atom. The number of ether oxygens (including phenoxy) is 2. The molecule has 292 valence electrons. The van der Waals surface area contributed by atoms with E-state index >= 15 is 0 Å². The molecule has 8 rings (SSSR count). The van der Waals surface area contributed by atoms with E-state index in [1.165, 1.54) is 44.5 Å². The predicted octanol–water partition coefficient (Wildman–Crippen LogP) is 8.83. The van der Waals surface area contributed by atoms with Gasteiger partial charge in [0.05, 0.1) is 11.8 Å². The highest BCUT2D eigenvalue weighted by Crippen LogP contribution is 2.45. The van der Waals surface area contributed by atoms with E-state index in [1.54, 1.807) is 0 Å². The largest absolute Gasteiger partial charge is 0.481 e. The van der Waals surface area contributed by atoms with Gasteiger partial charge < -0.3 is 30.3 Å². The molecule has 10 heteroatoms. The summed E-state index contributed by atoms with van der Waals surface area (Å²) in [6.45, 7) is 1.71. The number of carbonyl (C=O) groups excluding carboxylic acids is 2.